The summed E-state index contributed by atoms with van der Waals surface area (Å²) >= 11 is 0. The molecule has 1 atom stereocenters. The molecule has 0 aromatic rings. The fourth-order valence-electron chi connectivity index (χ4n) is 2.86. The van der Waals surface area contributed by atoms with Crippen molar-refractivity contribution in [1.29, 1.82) is 0 Å². The molecule has 0 N–H and O–H groups in total. The van der Waals surface area contributed by atoms with E-state index in [1.165, 1.54) is 19.0 Å². The molecule has 0 aromatic heterocycles. The molecule has 1 heterocycles. The van der Waals surface area contributed by atoms with Gasteiger partial charge in [-0.25, -0.2) is 0 Å². The number of rotatable bonds is 9. The maximum atomic E-state index is 6.05. The number of hydrogen-bond acceptors (Lipinski definition) is 5. The Labute approximate surface area is 119 Å². The molecule has 0 bridgehead atoms. The molecule has 0 radical (unpaired) electrons. The number of hydrogen-bond donors (Lipinski definition) is 0. The maximum absolute atomic E-state index is 6.05. The van der Waals surface area contributed by atoms with Gasteiger partial charge in [-0.2, -0.15) is 0 Å². The van der Waals surface area contributed by atoms with Gasteiger partial charge >= 0.3 is 8.80 Å². The van der Waals surface area contributed by atoms with Crippen molar-refractivity contribution < 1.29 is 17.7 Å². The minimum atomic E-state index is -2.41. The third-order valence-corrected chi connectivity index (χ3v) is 10.8. The fourth-order valence-corrected chi connectivity index (χ4v) is 7.90. The van der Waals surface area contributed by atoms with Gasteiger partial charge in [0.15, 0.2) is 0 Å². The molecule has 1 aliphatic heterocycles. The molecule has 7 heteroatoms. The van der Waals surface area contributed by atoms with E-state index in [0.29, 0.717) is 0 Å². The zero-order valence-corrected chi connectivity index (χ0v) is 15.0. The zero-order chi connectivity index (χ0) is 14.4. The lowest BCUT2D eigenvalue weighted by molar-refractivity contribution is 0.122. The Balaban J connectivity index is 2.44. The van der Waals surface area contributed by atoms with Crippen LogP contribution in [-0.4, -0.2) is 62.9 Å². The topological polar surface area (TPSA) is 40.2 Å². The summed E-state index contributed by atoms with van der Waals surface area (Å²) in [4.78, 5) is 0. The van der Waals surface area contributed by atoms with Gasteiger partial charge in [-0.1, -0.05) is 0 Å². The van der Waals surface area contributed by atoms with Gasteiger partial charge in [0.2, 0.25) is 0 Å². The largest absolute Gasteiger partial charge is 0.500 e. The van der Waals surface area contributed by atoms with Crippen LogP contribution in [0.3, 0.4) is 0 Å². The predicted molar refractivity (Wildman–Crippen MR) is 80.4 cm³/mol. The van der Waals surface area contributed by atoms with E-state index in [-0.39, 0.29) is 0 Å². The number of nitrogens with zero attached hydrogens (tertiary/aromatic N) is 1. The van der Waals surface area contributed by atoms with Crippen LogP contribution in [0.15, 0.2) is 0 Å². The third kappa shape index (κ3) is 4.35. The van der Waals surface area contributed by atoms with E-state index >= 15 is 0 Å². The molecule has 0 aliphatic carbocycles. The van der Waals surface area contributed by atoms with E-state index in [4.69, 9.17) is 17.7 Å². The summed E-state index contributed by atoms with van der Waals surface area (Å²) < 4.78 is 25.0. The molecule has 114 valence electrons. The summed E-state index contributed by atoms with van der Waals surface area (Å²) in [5.74, 6) is 0. The van der Waals surface area contributed by atoms with Crippen LogP contribution < -0.4 is 0 Å². The highest BCUT2D eigenvalue weighted by Gasteiger charge is 2.42. The van der Waals surface area contributed by atoms with E-state index in [9.17, 15) is 0 Å². The standard InChI is InChI=1S/C12H29NO4Si2/c1-6-17-18(5)11-7-9-13(18)10-8-12-19(14-2,15-3)16-4/h6-12H2,1-5H3. The summed E-state index contributed by atoms with van der Waals surface area (Å²) in [6.07, 6.45) is 2.31. The fraction of sp³-hybridized carbons (Fsp3) is 1.00. The van der Waals surface area contributed by atoms with E-state index in [2.05, 4.69) is 18.0 Å². The molecule has 0 aromatic carbocycles. The third-order valence-electron chi connectivity index (χ3n) is 4.04. The van der Waals surface area contributed by atoms with E-state index in [0.717, 1.165) is 25.6 Å². The Kier molecular flexibility index (Phi) is 7.16. The first-order valence-corrected chi connectivity index (χ1v) is 11.6. The van der Waals surface area contributed by atoms with Gasteiger partial charge < -0.3 is 22.3 Å². The van der Waals surface area contributed by atoms with Crippen molar-refractivity contribution in [3.05, 3.63) is 0 Å². The van der Waals surface area contributed by atoms with Crippen LogP contribution in [0, 0.1) is 0 Å². The van der Waals surface area contributed by atoms with Crippen molar-refractivity contribution in [2.45, 2.75) is 38.4 Å². The van der Waals surface area contributed by atoms with Crippen LogP contribution in [0.25, 0.3) is 0 Å². The van der Waals surface area contributed by atoms with Gasteiger partial charge in [-0.05, 0) is 45.4 Å². The minimum absolute atomic E-state index is 0.826. The van der Waals surface area contributed by atoms with Crippen LogP contribution >= 0.6 is 0 Å². The molecule has 1 aliphatic rings. The lowest BCUT2D eigenvalue weighted by Gasteiger charge is -2.33. The highest BCUT2D eigenvalue weighted by atomic mass is 28.4. The summed E-state index contributed by atoms with van der Waals surface area (Å²) in [5, 5.41) is 0. The van der Waals surface area contributed by atoms with Crippen LogP contribution in [0.5, 0.6) is 0 Å². The second-order valence-corrected chi connectivity index (χ2v) is 12.0. The zero-order valence-electron chi connectivity index (χ0n) is 13.0. The first-order valence-electron chi connectivity index (χ1n) is 7.10. The van der Waals surface area contributed by atoms with E-state index < -0.39 is 17.3 Å². The molecule has 1 saturated heterocycles. The summed E-state index contributed by atoms with van der Waals surface area (Å²) in [6, 6.07) is 2.12. The second kappa shape index (κ2) is 7.87. The predicted octanol–water partition coefficient (Wildman–Crippen LogP) is 2.07. The van der Waals surface area contributed by atoms with Crippen molar-refractivity contribution in [3.8, 4) is 0 Å². The van der Waals surface area contributed by atoms with Crippen LogP contribution in [0.1, 0.15) is 19.8 Å². The summed E-state index contributed by atoms with van der Waals surface area (Å²) in [5.41, 5.74) is 0. The van der Waals surface area contributed by atoms with Crippen LogP contribution in [0.4, 0.5) is 0 Å². The van der Waals surface area contributed by atoms with Crippen molar-refractivity contribution >= 4 is 17.3 Å². The second-order valence-electron chi connectivity index (χ2n) is 5.10. The minimum Gasteiger partial charge on any atom is -0.403 e. The Morgan fingerprint density at radius 3 is 2.32 bits per heavy atom. The van der Waals surface area contributed by atoms with Crippen molar-refractivity contribution in [2.75, 3.05) is 41.0 Å². The smallest absolute Gasteiger partial charge is 0.403 e. The average molecular weight is 308 g/mol. The molecule has 1 rings (SSSR count). The van der Waals surface area contributed by atoms with Gasteiger partial charge in [0.05, 0.1) is 0 Å². The Bertz CT molecular complexity index is 258. The highest BCUT2D eigenvalue weighted by molar-refractivity contribution is 6.70. The molecule has 19 heavy (non-hydrogen) atoms. The van der Waals surface area contributed by atoms with E-state index in [1.54, 1.807) is 21.3 Å². The van der Waals surface area contributed by atoms with Gasteiger partial charge in [0.25, 0.3) is 8.48 Å². The first-order chi connectivity index (χ1) is 9.05. The summed E-state index contributed by atoms with van der Waals surface area (Å²) in [7, 11) is 1.00. The van der Waals surface area contributed by atoms with Gasteiger partial charge in [-0.3, -0.25) is 0 Å². The average Bonchev–Trinajstić information content (AvgIpc) is 2.77. The van der Waals surface area contributed by atoms with Crippen molar-refractivity contribution in [3.63, 3.8) is 0 Å². The maximum Gasteiger partial charge on any atom is 0.500 e. The van der Waals surface area contributed by atoms with Gasteiger partial charge in [0.1, 0.15) is 0 Å². The lowest BCUT2D eigenvalue weighted by atomic mass is 10.4. The quantitative estimate of drug-likeness (QED) is 0.610. The van der Waals surface area contributed by atoms with Crippen molar-refractivity contribution in [2.24, 2.45) is 0 Å². The normalized spacial score (nSPS) is 25.1. The molecule has 0 spiro atoms. The Morgan fingerprint density at radius 2 is 1.79 bits per heavy atom. The first kappa shape index (κ1) is 17.3. The monoisotopic (exact) mass is 307 g/mol. The summed E-state index contributed by atoms with van der Waals surface area (Å²) in [6.45, 7) is 7.48. The van der Waals surface area contributed by atoms with Gasteiger partial charge in [-0.15, -0.1) is 0 Å². The molecule has 0 saturated carbocycles. The highest BCUT2D eigenvalue weighted by Crippen LogP contribution is 2.28. The Morgan fingerprint density at radius 1 is 1.16 bits per heavy atom. The molecule has 1 fully saturated rings. The molecular formula is C12H29NO4Si2. The SMILES string of the molecule is CCO[Si]1(C)CCCN1CCC[Si](OC)(OC)OC. The Hall–Kier alpha value is 0.234. The molecular weight excluding hydrogens is 278 g/mol. The molecule has 1 unspecified atom stereocenters. The van der Waals surface area contributed by atoms with Crippen LogP contribution in [-0.2, 0) is 17.7 Å². The molecule has 0 amide bonds. The van der Waals surface area contributed by atoms with Crippen molar-refractivity contribution in [1.82, 2.24) is 4.57 Å². The lowest BCUT2D eigenvalue weighted by Crippen LogP contribution is -2.50. The molecule has 5 nitrogen and oxygen atoms in total. The van der Waals surface area contributed by atoms with Gasteiger partial charge in [0, 0.05) is 34.0 Å². The van der Waals surface area contributed by atoms with Crippen LogP contribution in [0.2, 0.25) is 18.6 Å². The van der Waals surface area contributed by atoms with E-state index in [1.807, 2.05) is 0 Å².